The van der Waals surface area contributed by atoms with Gasteiger partial charge >= 0.3 is 0 Å². The monoisotopic (exact) mass is 387 g/mol. The van der Waals surface area contributed by atoms with Crippen molar-refractivity contribution in [2.75, 3.05) is 6.54 Å². The summed E-state index contributed by atoms with van der Waals surface area (Å²) in [7, 11) is 2.10. The number of rotatable bonds is 3. The van der Waals surface area contributed by atoms with Crippen LogP contribution in [-0.4, -0.2) is 20.5 Å². The van der Waals surface area contributed by atoms with Gasteiger partial charge in [0, 0.05) is 42.8 Å². The molecule has 4 heterocycles. The summed E-state index contributed by atoms with van der Waals surface area (Å²) in [5, 5.41) is 0. The number of pyridine rings is 1. The van der Waals surface area contributed by atoms with Crippen LogP contribution in [0.25, 0.3) is 5.65 Å². The van der Waals surface area contributed by atoms with Gasteiger partial charge in [-0.05, 0) is 40.2 Å². The molecule has 24 heavy (non-hydrogen) atoms. The van der Waals surface area contributed by atoms with Crippen molar-refractivity contribution >= 4 is 21.6 Å². The van der Waals surface area contributed by atoms with Gasteiger partial charge in [0.2, 0.25) is 0 Å². The van der Waals surface area contributed by atoms with Gasteiger partial charge in [0.25, 0.3) is 5.56 Å². The van der Waals surface area contributed by atoms with E-state index in [1.807, 2.05) is 12.1 Å². The molecule has 124 valence electrons. The van der Waals surface area contributed by atoms with Crippen molar-refractivity contribution in [3.8, 4) is 0 Å². The van der Waals surface area contributed by atoms with Crippen LogP contribution in [0.2, 0.25) is 0 Å². The van der Waals surface area contributed by atoms with Crippen LogP contribution in [0.1, 0.15) is 30.3 Å². The number of aromatic nitrogens is 3. The maximum atomic E-state index is 12.4. The third-order valence-corrected chi connectivity index (χ3v) is 5.38. The normalized spacial score (nSPS) is 20.8. The van der Waals surface area contributed by atoms with Gasteiger partial charge in [-0.3, -0.25) is 9.20 Å². The number of nitrogens with zero attached hydrogens (tertiary/aromatic N) is 3. The van der Waals surface area contributed by atoms with E-state index in [4.69, 9.17) is 4.98 Å². The molecule has 3 aromatic heterocycles. The lowest BCUT2D eigenvalue weighted by atomic mass is 10.1. The number of quaternary nitrogens is 1. The third kappa shape index (κ3) is 2.80. The zero-order valence-electron chi connectivity index (χ0n) is 13.6. The maximum Gasteiger partial charge on any atom is 0.258 e. The fourth-order valence-corrected chi connectivity index (χ4v) is 4.10. The molecule has 0 bridgehead atoms. The van der Waals surface area contributed by atoms with Crippen molar-refractivity contribution in [1.29, 1.82) is 0 Å². The molecule has 0 aliphatic carbocycles. The molecule has 0 amide bonds. The lowest BCUT2D eigenvalue weighted by molar-refractivity contribution is -0.932. The summed E-state index contributed by atoms with van der Waals surface area (Å²) in [5.41, 5.74) is 2.92. The van der Waals surface area contributed by atoms with Crippen molar-refractivity contribution in [3.05, 3.63) is 68.9 Å². The Bertz CT molecular complexity index is 946. The molecule has 1 saturated heterocycles. The summed E-state index contributed by atoms with van der Waals surface area (Å²) >= 11 is 3.40. The minimum Gasteiger partial charge on any atom is -0.350 e. The molecule has 1 unspecified atom stereocenters. The SMILES string of the molecule is Cn1cccc1[C@H]1CCC[NH+]1Cc1cc(=O)n2cc(Br)ccc2n1. The van der Waals surface area contributed by atoms with E-state index in [-0.39, 0.29) is 5.56 Å². The Morgan fingerprint density at radius 1 is 1.38 bits per heavy atom. The molecule has 5 nitrogen and oxygen atoms in total. The number of hydrogen-bond donors (Lipinski definition) is 1. The highest BCUT2D eigenvalue weighted by Gasteiger charge is 2.31. The van der Waals surface area contributed by atoms with E-state index in [1.165, 1.54) is 23.4 Å². The average Bonchev–Trinajstić information content (AvgIpc) is 3.16. The molecule has 1 aliphatic heterocycles. The summed E-state index contributed by atoms with van der Waals surface area (Å²) in [6, 6.07) is 10.3. The Kier molecular flexibility index (Phi) is 4.02. The first-order chi connectivity index (χ1) is 11.6. The first-order valence-electron chi connectivity index (χ1n) is 8.25. The molecule has 1 N–H and O–H groups in total. The minimum atomic E-state index is -0.0229. The molecule has 0 spiro atoms. The molecule has 1 aliphatic rings. The van der Waals surface area contributed by atoms with Crippen LogP contribution in [0.3, 0.4) is 0 Å². The number of fused-ring (bicyclic) bond motifs is 1. The van der Waals surface area contributed by atoms with E-state index in [2.05, 4.69) is 45.9 Å². The van der Waals surface area contributed by atoms with Gasteiger partial charge in [-0.1, -0.05) is 0 Å². The topological polar surface area (TPSA) is 43.7 Å². The van der Waals surface area contributed by atoms with Crippen LogP contribution in [0, 0.1) is 0 Å². The second-order valence-electron chi connectivity index (χ2n) is 6.49. The Labute approximate surface area is 148 Å². The molecular weight excluding hydrogens is 368 g/mol. The average molecular weight is 388 g/mol. The van der Waals surface area contributed by atoms with Crippen molar-refractivity contribution in [3.63, 3.8) is 0 Å². The molecule has 0 aromatic carbocycles. The van der Waals surface area contributed by atoms with Crippen LogP contribution in [0.15, 0.2) is 52.0 Å². The summed E-state index contributed by atoms with van der Waals surface area (Å²) < 4.78 is 4.67. The predicted molar refractivity (Wildman–Crippen MR) is 96.1 cm³/mol. The molecule has 6 heteroatoms. The molecular formula is C18H20BrN4O+. The van der Waals surface area contributed by atoms with Gasteiger partial charge in [0.05, 0.1) is 12.2 Å². The third-order valence-electron chi connectivity index (χ3n) is 4.91. The molecule has 4 rings (SSSR count). The fourth-order valence-electron chi connectivity index (χ4n) is 3.77. The van der Waals surface area contributed by atoms with Gasteiger partial charge in [-0.2, -0.15) is 0 Å². The van der Waals surface area contributed by atoms with Crippen molar-refractivity contribution in [1.82, 2.24) is 14.0 Å². The van der Waals surface area contributed by atoms with Gasteiger partial charge in [0.15, 0.2) is 0 Å². The number of halogens is 1. The number of likely N-dealkylation sites (tertiary alicyclic amines) is 1. The first kappa shape index (κ1) is 15.6. The van der Waals surface area contributed by atoms with E-state index in [9.17, 15) is 4.79 Å². The van der Waals surface area contributed by atoms with E-state index >= 15 is 0 Å². The van der Waals surface area contributed by atoms with E-state index in [0.29, 0.717) is 11.7 Å². The number of nitrogens with one attached hydrogen (secondary N) is 1. The van der Waals surface area contributed by atoms with Crippen LogP contribution >= 0.6 is 15.9 Å². The van der Waals surface area contributed by atoms with Crippen molar-refractivity contribution < 1.29 is 4.90 Å². The zero-order valence-corrected chi connectivity index (χ0v) is 15.2. The maximum absolute atomic E-state index is 12.4. The smallest absolute Gasteiger partial charge is 0.258 e. The highest BCUT2D eigenvalue weighted by Crippen LogP contribution is 2.19. The van der Waals surface area contributed by atoms with Crippen molar-refractivity contribution in [2.45, 2.75) is 25.4 Å². The predicted octanol–water partition coefficient (Wildman–Crippen LogP) is 1.72. The molecule has 0 radical (unpaired) electrons. The van der Waals surface area contributed by atoms with Crippen molar-refractivity contribution in [2.24, 2.45) is 7.05 Å². The number of hydrogen-bond acceptors (Lipinski definition) is 2. The number of aryl methyl sites for hydroxylation is 1. The van der Waals surface area contributed by atoms with Gasteiger partial charge < -0.3 is 9.47 Å². The Balaban J connectivity index is 1.65. The molecule has 3 aromatic rings. The van der Waals surface area contributed by atoms with E-state index in [1.54, 1.807) is 16.7 Å². The second-order valence-corrected chi connectivity index (χ2v) is 7.40. The van der Waals surface area contributed by atoms with Crippen LogP contribution < -0.4 is 10.5 Å². The quantitative estimate of drug-likeness (QED) is 0.743. The zero-order chi connectivity index (χ0) is 16.7. The van der Waals surface area contributed by atoms with Crippen LogP contribution in [0.4, 0.5) is 0 Å². The molecule has 0 saturated carbocycles. The first-order valence-corrected chi connectivity index (χ1v) is 9.05. The van der Waals surface area contributed by atoms with E-state index < -0.39 is 0 Å². The fraction of sp³-hybridized carbons (Fsp3) is 0.333. The summed E-state index contributed by atoms with van der Waals surface area (Å²) in [4.78, 5) is 18.6. The van der Waals surface area contributed by atoms with Gasteiger partial charge in [-0.15, -0.1) is 0 Å². The Hall–Kier alpha value is -1.92. The summed E-state index contributed by atoms with van der Waals surface area (Å²) in [6.45, 7) is 1.91. The lowest BCUT2D eigenvalue weighted by Gasteiger charge is -2.22. The summed E-state index contributed by atoms with van der Waals surface area (Å²) in [6.07, 6.45) is 6.27. The van der Waals surface area contributed by atoms with E-state index in [0.717, 1.165) is 23.3 Å². The molecule has 2 atom stereocenters. The van der Waals surface area contributed by atoms with Gasteiger partial charge in [-0.25, -0.2) is 4.98 Å². The highest BCUT2D eigenvalue weighted by atomic mass is 79.9. The molecule has 1 fully saturated rings. The Morgan fingerprint density at radius 3 is 3.04 bits per heavy atom. The van der Waals surface area contributed by atoms with Crippen LogP contribution in [-0.2, 0) is 13.6 Å². The largest absolute Gasteiger partial charge is 0.350 e. The van der Waals surface area contributed by atoms with Crippen LogP contribution in [0.5, 0.6) is 0 Å². The van der Waals surface area contributed by atoms with Gasteiger partial charge in [0.1, 0.15) is 23.9 Å². The minimum absolute atomic E-state index is 0.0229. The summed E-state index contributed by atoms with van der Waals surface area (Å²) in [5.74, 6) is 0. The second kappa shape index (κ2) is 6.18. The standard InChI is InChI=1S/C18H19BrN4O/c1-21-8-2-4-15(21)16-5-3-9-22(16)12-14-10-18(24)23-11-13(19)6-7-17(23)20-14/h2,4,6-8,10-11,16H,3,5,9,12H2,1H3/p+1/t16-/m1/s1. The lowest BCUT2D eigenvalue weighted by Crippen LogP contribution is -3.09. The Morgan fingerprint density at radius 2 is 2.25 bits per heavy atom. The highest BCUT2D eigenvalue weighted by molar-refractivity contribution is 9.10.